The van der Waals surface area contributed by atoms with Crippen LogP contribution in [0.5, 0.6) is 0 Å². The molecule has 1 saturated carbocycles. The van der Waals surface area contributed by atoms with Crippen molar-refractivity contribution in [3.05, 3.63) is 0 Å². The number of nitrogens with zero attached hydrogens (tertiary/aromatic N) is 1. The summed E-state index contributed by atoms with van der Waals surface area (Å²) in [5, 5.41) is 0. The lowest BCUT2D eigenvalue weighted by Gasteiger charge is -2.39. The number of carbonyl (C=O) groups excluding carboxylic acids is 2. The number of rotatable bonds is 5. The second-order valence-electron chi connectivity index (χ2n) is 4.23. The predicted octanol–water partition coefficient (Wildman–Crippen LogP) is -0.501. The number of ether oxygens (including phenoxy) is 1. The predicted molar refractivity (Wildman–Crippen MR) is 52.9 cm³/mol. The maximum atomic E-state index is 11.5. The highest BCUT2D eigenvalue weighted by molar-refractivity contribution is 5.81. The van der Waals surface area contributed by atoms with Crippen LogP contribution < -0.4 is 5.73 Å². The number of amides is 2. The molecule has 0 aromatic rings. The molecular formula is C10H16N2O3. The highest BCUT2D eigenvalue weighted by atomic mass is 16.5. The Labute approximate surface area is 88.5 Å². The number of carbonyl (C=O) groups is 2. The van der Waals surface area contributed by atoms with Gasteiger partial charge in [0.2, 0.25) is 11.8 Å². The molecule has 0 aromatic carbocycles. The van der Waals surface area contributed by atoms with Gasteiger partial charge in [-0.15, -0.1) is 0 Å². The van der Waals surface area contributed by atoms with E-state index in [1.165, 1.54) is 0 Å². The van der Waals surface area contributed by atoms with Gasteiger partial charge in [0.1, 0.15) is 0 Å². The van der Waals surface area contributed by atoms with E-state index in [9.17, 15) is 9.59 Å². The lowest BCUT2D eigenvalue weighted by molar-refractivity contribution is -0.147. The van der Waals surface area contributed by atoms with E-state index in [-0.39, 0.29) is 30.3 Å². The van der Waals surface area contributed by atoms with Crippen LogP contribution >= 0.6 is 0 Å². The first-order valence-electron chi connectivity index (χ1n) is 5.35. The van der Waals surface area contributed by atoms with Crippen LogP contribution in [0.1, 0.15) is 19.3 Å². The van der Waals surface area contributed by atoms with Gasteiger partial charge in [0.05, 0.1) is 12.7 Å². The van der Waals surface area contributed by atoms with Crippen LogP contribution in [0.25, 0.3) is 0 Å². The fourth-order valence-electron chi connectivity index (χ4n) is 1.64. The van der Waals surface area contributed by atoms with Gasteiger partial charge in [0.25, 0.3) is 0 Å². The largest absolute Gasteiger partial charge is 0.374 e. The van der Waals surface area contributed by atoms with Crippen LogP contribution in [0.15, 0.2) is 0 Å². The number of likely N-dealkylation sites (tertiary alicyclic amines) is 1. The molecule has 0 aromatic heterocycles. The summed E-state index contributed by atoms with van der Waals surface area (Å²) in [7, 11) is 0. The summed E-state index contributed by atoms with van der Waals surface area (Å²) in [5.74, 6) is 0.210. The van der Waals surface area contributed by atoms with E-state index in [1.807, 2.05) is 4.90 Å². The molecule has 1 heterocycles. The molecule has 0 spiro atoms. The Bertz CT molecular complexity index is 270. The minimum Gasteiger partial charge on any atom is -0.374 e. The van der Waals surface area contributed by atoms with E-state index in [0.717, 1.165) is 12.8 Å². The van der Waals surface area contributed by atoms with Crippen molar-refractivity contribution in [3.63, 3.8) is 0 Å². The van der Waals surface area contributed by atoms with E-state index in [0.29, 0.717) is 19.7 Å². The third-order valence-corrected chi connectivity index (χ3v) is 2.79. The van der Waals surface area contributed by atoms with Gasteiger partial charge in [-0.25, -0.2) is 0 Å². The van der Waals surface area contributed by atoms with Gasteiger partial charge in [-0.3, -0.25) is 9.59 Å². The van der Waals surface area contributed by atoms with Crippen molar-refractivity contribution in [1.82, 2.24) is 4.90 Å². The van der Waals surface area contributed by atoms with E-state index in [4.69, 9.17) is 10.5 Å². The average Bonchev–Trinajstić information content (AvgIpc) is 2.90. The van der Waals surface area contributed by atoms with Crippen LogP contribution in [0, 0.1) is 5.92 Å². The zero-order valence-electron chi connectivity index (χ0n) is 8.65. The summed E-state index contributed by atoms with van der Waals surface area (Å²) >= 11 is 0. The van der Waals surface area contributed by atoms with E-state index < -0.39 is 0 Å². The topological polar surface area (TPSA) is 72.6 Å². The molecule has 84 valence electrons. The highest BCUT2D eigenvalue weighted by Crippen LogP contribution is 2.32. The molecule has 2 rings (SSSR count). The number of primary amides is 1. The molecule has 1 aliphatic carbocycles. The Morgan fingerprint density at radius 2 is 2.00 bits per heavy atom. The molecule has 1 saturated heterocycles. The molecule has 0 bridgehead atoms. The fraction of sp³-hybridized carbons (Fsp3) is 0.800. The average molecular weight is 212 g/mol. The summed E-state index contributed by atoms with van der Waals surface area (Å²) in [6.07, 6.45) is 2.45. The lowest BCUT2D eigenvalue weighted by atomic mass is 10.1. The summed E-state index contributed by atoms with van der Waals surface area (Å²) < 4.78 is 5.37. The molecule has 5 heteroatoms. The van der Waals surface area contributed by atoms with Gasteiger partial charge < -0.3 is 15.4 Å². The number of hydrogen-bond acceptors (Lipinski definition) is 3. The monoisotopic (exact) mass is 212 g/mol. The maximum Gasteiger partial charge on any atom is 0.225 e. The SMILES string of the molecule is NC(=O)CCOC1CN(C(=O)C2CC2)C1. The first-order chi connectivity index (χ1) is 7.16. The quantitative estimate of drug-likeness (QED) is 0.667. The first kappa shape index (κ1) is 10.4. The first-order valence-corrected chi connectivity index (χ1v) is 5.35. The van der Waals surface area contributed by atoms with Crippen LogP contribution in [0.3, 0.4) is 0 Å². The smallest absolute Gasteiger partial charge is 0.225 e. The number of hydrogen-bond donors (Lipinski definition) is 1. The van der Waals surface area contributed by atoms with Crippen molar-refractivity contribution in [3.8, 4) is 0 Å². The molecule has 0 unspecified atom stereocenters. The second kappa shape index (κ2) is 4.18. The Balaban J connectivity index is 1.57. The molecule has 2 N–H and O–H groups in total. The molecule has 2 amide bonds. The third-order valence-electron chi connectivity index (χ3n) is 2.79. The summed E-state index contributed by atoms with van der Waals surface area (Å²) in [6.45, 7) is 1.72. The molecule has 0 radical (unpaired) electrons. The van der Waals surface area contributed by atoms with Gasteiger partial charge in [0, 0.05) is 25.4 Å². The van der Waals surface area contributed by atoms with Crippen LogP contribution in [0.2, 0.25) is 0 Å². The normalized spacial score (nSPS) is 21.2. The Hall–Kier alpha value is -1.10. The van der Waals surface area contributed by atoms with E-state index >= 15 is 0 Å². The number of nitrogens with two attached hydrogens (primary N) is 1. The zero-order chi connectivity index (χ0) is 10.8. The molecule has 0 atom stereocenters. The van der Waals surface area contributed by atoms with Crippen molar-refractivity contribution in [1.29, 1.82) is 0 Å². The van der Waals surface area contributed by atoms with Gasteiger partial charge in [-0.05, 0) is 12.8 Å². The van der Waals surface area contributed by atoms with Crippen molar-refractivity contribution < 1.29 is 14.3 Å². The van der Waals surface area contributed by atoms with Crippen molar-refractivity contribution in [2.24, 2.45) is 11.7 Å². The molecule has 1 aliphatic heterocycles. The van der Waals surface area contributed by atoms with Crippen LogP contribution in [0.4, 0.5) is 0 Å². The van der Waals surface area contributed by atoms with Crippen molar-refractivity contribution in [2.75, 3.05) is 19.7 Å². The Kier molecular flexibility index (Phi) is 2.90. The summed E-state index contributed by atoms with van der Waals surface area (Å²) in [6, 6.07) is 0. The second-order valence-corrected chi connectivity index (χ2v) is 4.23. The van der Waals surface area contributed by atoms with Crippen molar-refractivity contribution >= 4 is 11.8 Å². The molecule has 15 heavy (non-hydrogen) atoms. The van der Waals surface area contributed by atoms with Gasteiger partial charge in [-0.1, -0.05) is 0 Å². The third kappa shape index (κ3) is 2.68. The van der Waals surface area contributed by atoms with Crippen molar-refractivity contribution in [2.45, 2.75) is 25.4 Å². The lowest BCUT2D eigenvalue weighted by Crippen LogP contribution is -2.55. The minimum absolute atomic E-state index is 0.104. The molecular weight excluding hydrogens is 196 g/mol. The standard InChI is InChI=1S/C10H16N2O3/c11-9(13)3-4-15-8-5-12(6-8)10(14)7-1-2-7/h7-8H,1-6H2,(H2,11,13). The molecule has 5 nitrogen and oxygen atoms in total. The summed E-state index contributed by atoms with van der Waals surface area (Å²) in [5.41, 5.74) is 4.98. The highest BCUT2D eigenvalue weighted by Gasteiger charge is 2.39. The van der Waals surface area contributed by atoms with E-state index in [2.05, 4.69) is 0 Å². The van der Waals surface area contributed by atoms with Crippen LogP contribution in [-0.2, 0) is 14.3 Å². The minimum atomic E-state index is -0.347. The van der Waals surface area contributed by atoms with Gasteiger partial charge in [-0.2, -0.15) is 0 Å². The van der Waals surface area contributed by atoms with Gasteiger partial charge >= 0.3 is 0 Å². The van der Waals surface area contributed by atoms with E-state index in [1.54, 1.807) is 0 Å². The summed E-state index contributed by atoms with van der Waals surface area (Å²) in [4.78, 5) is 23.8. The zero-order valence-corrected chi connectivity index (χ0v) is 8.65. The molecule has 2 aliphatic rings. The fourth-order valence-corrected chi connectivity index (χ4v) is 1.64. The van der Waals surface area contributed by atoms with Crippen LogP contribution in [-0.4, -0.2) is 42.5 Å². The Morgan fingerprint density at radius 3 is 2.53 bits per heavy atom. The van der Waals surface area contributed by atoms with Gasteiger partial charge in [0.15, 0.2) is 0 Å². The maximum absolute atomic E-state index is 11.5. The Morgan fingerprint density at radius 1 is 1.33 bits per heavy atom. The molecule has 2 fully saturated rings.